The third-order valence-electron chi connectivity index (χ3n) is 4.99. The van der Waals surface area contributed by atoms with Crippen molar-refractivity contribution in [2.45, 2.75) is 6.18 Å². The Morgan fingerprint density at radius 2 is 1.61 bits per heavy atom. The Balaban J connectivity index is 1.45. The summed E-state index contributed by atoms with van der Waals surface area (Å²) < 4.78 is 39.3. The van der Waals surface area contributed by atoms with Gasteiger partial charge in [0.05, 0.1) is 11.3 Å². The summed E-state index contributed by atoms with van der Waals surface area (Å²) >= 11 is 0. The lowest BCUT2D eigenvalue weighted by Gasteiger charge is -2.35. The number of carbonyl (C=O) groups excluding carboxylic acids is 1. The second-order valence-electron chi connectivity index (χ2n) is 6.99. The van der Waals surface area contributed by atoms with Crippen LogP contribution in [0.5, 0.6) is 0 Å². The number of para-hydroxylation sites is 1. The van der Waals surface area contributed by atoms with Gasteiger partial charge in [-0.05, 0) is 30.3 Å². The number of hydrogen-bond acceptors (Lipinski definition) is 5. The van der Waals surface area contributed by atoms with Crippen molar-refractivity contribution in [2.75, 3.05) is 31.1 Å². The highest BCUT2D eigenvalue weighted by Gasteiger charge is 2.31. The van der Waals surface area contributed by atoms with Crippen LogP contribution in [0.15, 0.2) is 65.6 Å². The predicted octanol–water partition coefficient (Wildman–Crippen LogP) is 2.61. The molecule has 0 aliphatic carbocycles. The molecule has 10 heteroatoms. The number of halogens is 3. The average molecular weight is 429 g/mol. The number of anilines is 1. The Kier molecular flexibility index (Phi) is 5.45. The Morgan fingerprint density at radius 1 is 0.903 bits per heavy atom. The molecule has 1 aromatic carbocycles. The normalized spacial score (nSPS) is 14.5. The van der Waals surface area contributed by atoms with Crippen LogP contribution < -0.4 is 10.5 Å². The Bertz CT molecular complexity index is 1120. The first-order valence-corrected chi connectivity index (χ1v) is 9.56. The lowest BCUT2D eigenvalue weighted by atomic mass is 10.2. The van der Waals surface area contributed by atoms with E-state index in [-0.39, 0.29) is 17.2 Å². The van der Waals surface area contributed by atoms with E-state index >= 15 is 0 Å². The highest BCUT2D eigenvalue weighted by Crippen LogP contribution is 2.29. The van der Waals surface area contributed by atoms with Crippen molar-refractivity contribution in [3.05, 3.63) is 82.4 Å². The van der Waals surface area contributed by atoms with Crippen LogP contribution in [0.4, 0.5) is 19.0 Å². The minimum absolute atomic E-state index is 0.143. The van der Waals surface area contributed by atoms with E-state index < -0.39 is 11.7 Å². The van der Waals surface area contributed by atoms with E-state index in [0.717, 1.165) is 12.3 Å². The van der Waals surface area contributed by atoms with Crippen LogP contribution in [0.2, 0.25) is 0 Å². The van der Waals surface area contributed by atoms with Crippen LogP contribution in [0.25, 0.3) is 5.69 Å². The fourth-order valence-corrected chi connectivity index (χ4v) is 3.32. The smallest absolute Gasteiger partial charge is 0.353 e. The summed E-state index contributed by atoms with van der Waals surface area (Å²) in [6.45, 7) is 1.55. The van der Waals surface area contributed by atoms with E-state index in [1.807, 2.05) is 11.0 Å². The quantitative estimate of drug-likeness (QED) is 0.640. The van der Waals surface area contributed by atoms with Crippen molar-refractivity contribution in [1.29, 1.82) is 0 Å². The molecule has 1 fully saturated rings. The molecule has 0 spiro atoms. The van der Waals surface area contributed by atoms with Gasteiger partial charge in [-0.15, -0.1) is 0 Å². The van der Waals surface area contributed by atoms with Crippen LogP contribution in [-0.2, 0) is 6.18 Å². The number of rotatable bonds is 3. The molecule has 0 N–H and O–H groups in total. The Labute approximate surface area is 175 Å². The zero-order valence-corrected chi connectivity index (χ0v) is 16.3. The topological polar surface area (TPSA) is 71.3 Å². The van der Waals surface area contributed by atoms with Gasteiger partial charge in [-0.2, -0.15) is 23.0 Å². The zero-order chi connectivity index (χ0) is 22.0. The summed E-state index contributed by atoms with van der Waals surface area (Å²) in [4.78, 5) is 32.4. The molecule has 3 heterocycles. The van der Waals surface area contributed by atoms with E-state index in [2.05, 4.69) is 10.1 Å². The van der Waals surface area contributed by atoms with Gasteiger partial charge in [0.1, 0.15) is 11.5 Å². The largest absolute Gasteiger partial charge is 0.417 e. The highest BCUT2D eigenvalue weighted by atomic mass is 19.4. The maximum atomic E-state index is 12.9. The summed E-state index contributed by atoms with van der Waals surface area (Å²) in [6, 6.07) is 13.8. The molecule has 0 radical (unpaired) electrons. The van der Waals surface area contributed by atoms with Crippen molar-refractivity contribution in [2.24, 2.45) is 0 Å². The first-order valence-electron chi connectivity index (χ1n) is 9.56. The average Bonchev–Trinajstić information content (AvgIpc) is 2.79. The molecular formula is C21H18F3N5O2. The number of benzene rings is 1. The molecule has 0 saturated carbocycles. The van der Waals surface area contributed by atoms with Crippen molar-refractivity contribution in [3.8, 4) is 5.69 Å². The summed E-state index contributed by atoms with van der Waals surface area (Å²) in [7, 11) is 0. The molecule has 0 atom stereocenters. The molecular weight excluding hydrogens is 411 g/mol. The van der Waals surface area contributed by atoms with Crippen molar-refractivity contribution >= 4 is 11.7 Å². The molecule has 2 aromatic heterocycles. The summed E-state index contributed by atoms with van der Waals surface area (Å²) in [5.74, 6) is 0.112. The van der Waals surface area contributed by atoms with Gasteiger partial charge < -0.3 is 9.80 Å². The van der Waals surface area contributed by atoms with Gasteiger partial charge in [0.15, 0.2) is 0 Å². The van der Waals surface area contributed by atoms with Gasteiger partial charge in [-0.1, -0.05) is 18.2 Å². The maximum absolute atomic E-state index is 12.9. The van der Waals surface area contributed by atoms with Gasteiger partial charge in [0, 0.05) is 38.4 Å². The van der Waals surface area contributed by atoms with Crippen LogP contribution in [0.1, 0.15) is 16.1 Å². The summed E-state index contributed by atoms with van der Waals surface area (Å²) in [5, 5.41) is 4.21. The molecule has 1 saturated heterocycles. The number of piperazine rings is 1. The molecule has 7 nitrogen and oxygen atoms in total. The van der Waals surface area contributed by atoms with Crippen molar-refractivity contribution < 1.29 is 18.0 Å². The first-order chi connectivity index (χ1) is 14.8. The lowest BCUT2D eigenvalue weighted by molar-refractivity contribution is -0.137. The highest BCUT2D eigenvalue weighted by molar-refractivity contribution is 5.92. The van der Waals surface area contributed by atoms with Gasteiger partial charge in [0.2, 0.25) is 0 Å². The number of alkyl halides is 3. The minimum Gasteiger partial charge on any atom is -0.353 e. The fraction of sp³-hybridized carbons (Fsp3) is 0.238. The molecule has 1 aliphatic rings. The van der Waals surface area contributed by atoms with Crippen molar-refractivity contribution in [3.63, 3.8) is 0 Å². The number of hydrogen-bond donors (Lipinski definition) is 0. The maximum Gasteiger partial charge on any atom is 0.417 e. The Morgan fingerprint density at radius 3 is 2.23 bits per heavy atom. The first kappa shape index (κ1) is 20.6. The second kappa shape index (κ2) is 8.21. The van der Waals surface area contributed by atoms with Gasteiger partial charge >= 0.3 is 6.18 Å². The zero-order valence-electron chi connectivity index (χ0n) is 16.3. The summed E-state index contributed by atoms with van der Waals surface area (Å²) in [5.41, 5.74) is -0.449. The van der Waals surface area contributed by atoms with Gasteiger partial charge in [-0.25, -0.2) is 4.98 Å². The van der Waals surface area contributed by atoms with Gasteiger partial charge in [0.25, 0.3) is 11.5 Å². The number of carbonyl (C=O) groups is 1. The monoisotopic (exact) mass is 429 g/mol. The van der Waals surface area contributed by atoms with E-state index in [1.165, 1.54) is 22.9 Å². The number of amides is 1. The predicted molar refractivity (Wildman–Crippen MR) is 107 cm³/mol. The van der Waals surface area contributed by atoms with Crippen LogP contribution in [-0.4, -0.2) is 51.8 Å². The standard InChI is InChI=1S/C21H18F3N5O2/c22-21(23,24)15-6-8-18(25-14-15)27-10-12-28(13-11-27)20(31)17-7-9-19(30)29(26-17)16-4-2-1-3-5-16/h1-9,14H,10-13H2. The minimum atomic E-state index is -4.43. The molecule has 1 aliphatic heterocycles. The van der Waals surface area contributed by atoms with E-state index in [4.69, 9.17) is 0 Å². The number of aromatic nitrogens is 3. The van der Waals surface area contributed by atoms with E-state index in [1.54, 1.807) is 29.2 Å². The molecule has 0 unspecified atom stereocenters. The van der Waals surface area contributed by atoms with Gasteiger partial charge in [-0.3, -0.25) is 9.59 Å². The van der Waals surface area contributed by atoms with Crippen LogP contribution >= 0.6 is 0 Å². The number of nitrogens with zero attached hydrogens (tertiary/aromatic N) is 5. The molecule has 31 heavy (non-hydrogen) atoms. The SMILES string of the molecule is O=C(c1ccc(=O)n(-c2ccccc2)n1)N1CCN(c2ccc(C(F)(F)F)cn2)CC1. The lowest BCUT2D eigenvalue weighted by Crippen LogP contribution is -2.49. The molecule has 160 valence electrons. The molecule has 1 amide bonds. The van der Waals surface area contributed by atoms with Crippen LogP contribution in [0, 0.1) is 0 Å². The molecule has 3 aromatic rings. The molecule has 4 rings (SSSR count). The second-order valence-corrected chi connectivity index (χ2v) is 6.99. The Hall–Kier alpha value is -3.69. The van der Waals surface area contributed by atoms with Crippen LogP contribution in [0.3, 0.4) is 0 Å². The summed E-state index contributed by atoms with van der Waals surface area (Å²) in [6.07, 6.45) is -3.62. The number of pyridine rings is 1. The van der Waals surface area contributed by atoms with E-state index in [0.29, 0.717) is 37.7 Å². The third-order valence-corrected chi connectivity index (χ3v) is 4.99. The molecule has 0 bridgehead atoms. The third kappa shape index (κ3) is 4.42. The van der Waals surface area contributed by atoms with Crippen molar-refractivity contribution in [1.82, 2.24) is 19.7 Å². The van der Waals surface area contributed by atoms with E-state index in [9.17, 15) is 22.8 Å². The fourth-order valence-electron chi connectivity index (χ4n) is 3.32.